The minimum absolute atomic E-state index is 0.0576. The molecule has 1 aromatic carbocycles. The Bertz CT molecular complexity index is 653. The van der Waals surface area contributed by atoms with Crippen molar-refractivity contribution in [3.05, 3.63) is 35.9 Å². The summed E-state index contributed by atoms with van der Waals surface area (Å²) < 4.78 is 24.9. The van der Waals surface area contributed by atoms with Crippen LogP contribution in [0.15, 0.2) is 30.3 Å². The minimum Gasteiger partial charge on any atom is -0.343 e. The number of hydrogen-bond donors (Lipinski definition) is 2. The number of nitrogens with zero attached hydrogens (tertiary/aromatic N) is 1. The van der Waals surface area contributed by atoms with Gasteiger partial charge >= 0.3 is 0 Å². The summed E-state index contributed by atoms with van der Waals surface area (Å²) in [5, 5.41) is 2.60. The highest BCUT2D eigenvalue weighted by atomic mass is 32.2. The second kappa shape index (κ2) is 7.56. The first-order valence-corrected chi connectivity index (χ1v) is 9.32. The Kier molecular flexibility index (Phi) is 5.73. The fourth-order valence-electron chi connectivity index (χ4n) is 2.51. The Morgan fingerprint density at radius 3 is 2.35 bits per heavy atom. The quantitative estimate of drug-likeness (QED) is 0.787. The van der Waals surface area contributed by atoms with Crippen molar-refractivity contribution in [1.29, 1.82) is 0 Å². The van der Waals surface area contributed by atoms with Crippen LogP contribution in [-0.4, -0.2) is 57.1 Å². The molecular formula is C15H21N3O4S. The van der Waals surface area contributed by atoms with E-state index >= 15 is 0 Å². The van der Waals surface area contributed by atoms with Gasteiger partial charge in [-0.05, 0) is 25.0 Å². The molecule has 1 aromatic rings. The van der Waals surface area contributed by atoms with Crippen molar-refractivity contribution in [1.82, 2.24) is 14.9 Å². The van der Waals surface area contributed by atoms with Crippen LogP contribution in [0.25, 0.3) is 0 Å². The van der Waals surface area contributed by atoms with E-state index in [1.165, 1.54) is 0 Å². The Morgan fingerprint density at radius 2 is 1.78 bits per heavy atom. The van der Waals surface area contributed by atoms with Crippen LogP contribution < -0.4 is 10.0 Å². The van der Waals surface area contributed by atoms with E-state index in [2.05, 4.69) is 10.0 Å². The van der Waals surface area contributed by atoms with Gasteiger partial charge in [0.1, 0.15) is 0 Å². The summed E-state index contributed by atoms with van der Waals surface area (Å²) in [6.45, 7) is 0.901. The summed E-state index contributed by atoms with van der Waals surface area (Å²) >= 11 is 0. The summed E-state index contributed by atoms with van der Waals surface area (Å²) in [7, 11) is -3.22. The highest BCUT2D eigenvalue weighted by molar-refractivity contribution is 7.88. The number of amides is 2. The number of sulfonamides is 1. The highest BCUT2D eigenvalue weighted by Crippen LogP contribution is 2.11. The number of carbonyl (C=O) groups is 2. The SMILES string of the molecule is CS(=O)(=O)NC1CCN(C(=O)CNC(=O)c2ccccc2)CC1. The maximum atomic E-state index is 12.1. The molecule has 0 bridgehead atoms. The lowest BCUT2D eigenvalue weighted by molar-refractivity contribution is -0.131. The van der Waals surface area contributed by atoms with Crippen LogP contribution in [0.1, 0.15) is 23.2 Å². The Labute approximate surface area is 136 Å². The summed E-state index contributed by atoms with van der Waals surface area (Å²) in [6.07, 6.45) is 2.28. The number of rotatable bonds is 5. The molecule has 2 N–H and O–H groups in total. The molecule has 0 unspecified atom stereocenters. The van der Waals surface area contributed by atoms with Crippen molar-refractivity contribution in [2.45, 2.75) is 18.9 Å². The molecule has 126 valence electrons. The zero-order chi connectivity index (χ0) is 16.9. The predicted octanol–water partition coefficient (Wildman–Crippen LogP) is -0.0434. The molecule has 1 saturated heterocycles. The van der Waals surface area contributed by atoms with Crippen molar-refractivity contribution in [3.8, 4) is 0 Å². The molecule has 1 heterocycles. The fraction of sp³-hybridized carbons (Fsp3) is 0.467. The maximum Gasteiger partial charge on any atom is 0.251 e. The molecule has 7 nitrogen and oxygen atoms in total. The van der Waals surface area contributed by atoms with E-state index in [-0.39, 0.29) is 24.4 Å². The number of piperidine rings is 1. The molecule has 1 aliphatic heterocycles. The van der Waals surface area contributed by atoms with E-state index < -0.39 is 10.0 Å². The van der Waals surface area contributed by atoms with Gasteiger partial charge in [-0.3, -0.25) is 9.59 Å². The Hall–Kier alpha value is -1.93. The molecule has 0 aromatic heterocycles. The molecule has 0 spiro atoms. The predicted molar refractivity (Wildman–Crippen MR) is 86.4 cm³/mol. The summed E-state index contributed by atoms with van der Waals surface area (Å²) in [5.41, 5.74) is 0.511. The average Bonchev–Trinajstić information content (AvgIpc) is 2.52. The van der Waals surface area contributed by atoms with E-state index in [9.17, 15) is 18.0 Å². The normalized spacial score (nSPS) is 16.1. The van der Waals surface area contributed by atoms with Crippen LogP contribution in [0.5, 0.6) is 0 Å². The van der Waals surface area contributed by atoms with Gasteiger partial charge in [0, 0.05) is 24.7 Å². The molecule has 0 aliphatic carbocycles. The Morgan fingerprint density at radius 1 is 1.17 bits per heavy atom. The number of nitrogens with one attached hydrogen (secondary N) is 2. The van der Waals surface area contributed by atoms with Crippen LogP contribution in [0.4, 0.5) is 0 Å². The van der Waals surface area contributed by atoms with Crippen molar-refractivity contribution < 1.29 is 18.0 Å². The van der Waals surface area contributed by atoms with Crippen LogP contribution in [-0.2, 0) is 14.8 Å². The lowest BCUT2D eigenvalue weighted by atomic mass is 10.1. The van der Waals surface area contributed by atoms with Gasteiger partial charge in [-0.1, -0.05) is 18.2 Å². The zero-order valence-corrected chi connectivity index (χ0v) is 13.8. The molecule has 1 aliphatic rings. The van der Waals surface area contributed by atoms with E-state index in [0.29, 0.717) is 31.5 Å². The smallest absolute Gasteiger partial charge is 0.251 e. The zero-order valence-electron chi connectivity index (χ0n) is 13.0. The second-order valence-corrected chi connectivity index (χ2v) is 7.37. The molecule has 0 atom stereocenters. The van der Waals surface area contributed by atoms with Crippen LogP contribution in [0.2, 0.25) is 0 Å². The minimum atomic E-state index is -3.22. The third kappa shape index (κ3) is 5.65. The van der Waals surface area contributed by atoms with Gasteiger partial charge in [0.05, 0.1) is 12.8 Å². The van der Waals surface area contributed by atoms with Crippen molar-refractivity contribution in [3.63, 3.8) is 0 Å². The molecule has 2 amide bonds. The second-order valence-electron chi connectivity index (χ2n) is 5.59. The van der Waals surface area contributed by atoms with Crippen molar-refractivity contribution in [2.24, 2.45) is 0 Å². The molecule has 0 saturated carbocycles. The average molecular weight is 339 g/mol. The largest absolute Gasteiger partial charge is 0.343 e. The Balaban J connectivity index is 1.76. The lowest BCUT2D eigenvalue weighted by Crippen LogP contribution is -2.48. The first-order chi connectivity index (χ1) is 10.8. The molecule has 8 heteroatoms. The highest BCUT2D eigenvalue weighted by Gasteiger charge is 2.24. The molecule has 1 fully saturated rings. The third-order valence-corrected chi connectivity index (χ3v) is 4.43. The summed E-state index contributed by atoms with van der Waals surface area (Å²) in [6, 6.07) is 8.57. The third-order valence-electron chi connectivity index (χ3n) is 3.66. The molecule has 23 heavy (non-hydrogen) atoms. The number of carbonyl (C=O) groups excluding carboxylic acids is 2. The number of benzene rings is 1. The van der Waals surface area contributed by atoms with Crippen molar-refractivity contribution >= 4 is 21.8 Å². The van der Waals surface area contributed by atoms with Gasteiger partial charge in [-0.2, -0.15) is 0 Å². The van der Waals surface area contributed by atoms with Gasteiger partial charge in [-0.15, -0.1) is 0 Å². The van der Waals surface area contributed by atoms with Gasteiger partial charge in [0.2, 0.25) is 15.9 Å². The van der Waals surface area contributed by atoms with E-state index in [4.69, 9.17) is 0 Å². The molecule has 0 radical (unpaired) electrons. The standard InChI is InChI=1S/C15H21N3O4S/c1-23(21,22)17-13-7-9-18(10-8-13)14(19)11-16-15(20)12-5-3-2-4-6-12/h2-6,13,17H,7-11H2,1H3,(H,16,20). The first kappa shape index (κ1) is 17.4. The topological polar surface area (TPSA) is 95.6 Å². The monoisotopic (exact) mass is 339 g/mol. The van der Waals surface area contributed by atoms with Gasteiger partial charge in [-0.25, -0.2) is 13.1 Å². The van der Waals surface area contributed by atoms with Gasteiger partial charge in [0.15, 0.2) is 0 Å². The van der Waals surface area contributed by atoms with Crippen molar-refractivity contribution in [2.75, 3.05) is 25.9 Å². The lowest BCUT2D eigenvalue weighted by Gasteiger charge is -2.32. The van der Waals surface area contributed by atoms with Crippen LogP contribution in [0.3, 0.4) is 0 Å². The first-order valence-electron chi connectivity index (χ1n) is 7.43. The molecule has 2 rings (SSSR count). The fourth-order valence-corrected chi connectivity index (χ4v) is 3.35. The molecular weight excluding hydrogens is 318 g/mol. The van der Waals surface area contributed by atoms with Gasteiger partial charge < -0.3 is 10.2 Å². The maximum absolute atomic E-state index is 12.1. The van der Waals surface area contributed by atoms with Crippen LogP contribution >= 0.6 is 0 Å². The van der Waals surface area contributed by atoms with Gasteiger partial charge in [0.25, 0.3) is 5.91 Å². The summed E-state index contributed by atoms with van der Waals surface area (Å²) in [4.78, 5) is 25.6. The summed E-state index contributed by atoms with van der Waals surface area (Å²) in [5.74, 6) is -0.445. The van der Waals surface area contributed by atoms with E-state index in [1.54, 1.807) is 29.2 Å². The van der Waals surface area contributed by atoms with Crippen LogP contribution in [0, 0.1) is 0 Å². The van der Waals surface area contributed by atoms with E-state index in [1.807, 2.05) is 6.07 Å². The number of hydrogen-bond acceptors (Lipinski definition) is 4. The van der Waals surface area contributed by atoms with E-state index in [0.717, 1.165) is 6.26 Å². The number of likely N-dealkylation sites (tertiary alicyclic amines) is 1.